The average molecular weight is 499 g/mol. The van der Waals surface area contributed by atoms with Crippen molar-refractivity contribution in [3.05, 3.63) is 107 Å². The van der Waals surface area contributed by atoms with Crippen molar-refractivity contribution in [3.8, 4) is 22.7 Å². The third kappa shape index (κ3) is 5.03. The number of nitrogens with zero attached hydrogens (tertiary/aromatic N) is 2. The second-order valence-corrected chi connectivity index (χ2v) is 8.38. The van der Waals surface area contributed by atoms with Crippen LogP contribution in [-0.4, -0.2) is 27.6 Å². The van der Waals surface area contributed by atoms with Gasteiger partial charge in [0.25, 0.3) is 11.8 Å². The highest BCUT2D eigenvalue weighted by Crippen LogP contribution is 2.28. The monoisotopic (exact) mass is 498 g/mol. The first kappa shape index (κ1) is 23.1. The summed E-state index contributed by atoms with van der Waals surface area (Å²) in [6.07, 6.45) is 3.11. The van der Waals surface area contributed by atoms with Gasteiger partial charge in [-0.3, -0.25) is 20.2 Å². The quantitative estimate of drug-likeness (QED) is 0.300. The fourth-order valence-electron chi connectivity index (χ4n) is 3.66. The minimum Gasteiger partial charge on any atom is -0.489 e. The Labute approximate surface area is 211 Å². The van der Waals surface area contributed by atoms with Crippen LogP contribution in [0.1, 0.15) is 11.1 Å². The number of hydrogen-bond donors (Lipinski definition) is 2. The van der Waals surface area contributed by atoms with E-state index in [0.29, 0.717) is 28.6 Å². The fraction of sp³-hybridized carbons (Fsp3) is 0.0370. The normalized spacial score (nSPS) is 13.2. The topological polar surface area (TPSA) is 102 Å². The van der Waals surface area contributed by atoms with Gasteiger partial charge in [-0.25, -0.2) is 9.48 Å². The zero-order valence-electron chi connectivity index (χ0n) is 18.8. The molecular formula is C27H19ClN4O4. The molecule has 1 aliphatic heterocycles. The molecule has 3 aromatic carbocycles. The maximum Gasteiger partial charge on any atom is 0.328 e. The van der Waals surface area contributed by atoms with Crippen molar-refractivity contribution in [2.45, 2.75) is 6.61 Å². The molecule has 0 bridgehead atoms. The molecule has 2 N–H and O–H groups in total. The summed E-state index contributed by atoms with van der Waals surface area (Å²) in [5.41, 5.74) is 3.38. The van der Waals surface area contributed by atoms with Crippen LogP contribution in [0, 0.1) is 0 Å². The van der Waals surface area contributed by atoms with Crippen LogP contribution < -0.4 is 15.4 Å². The summed E-state index contributed by atoms with van der Waals surface area (Å²) in [6, 6.07) is 23.4. The predicted molar refractivity (Wildman–Crippen MR) is 134 cm³/mol. The average Bonchev–Trinajstić information content (AvgIpc) is 3.30. The van der Waals surface area contributed by atoms with Crippen molar-refractivity contribution in [2.75, 3.05) is 0 Å². The van der Waals surface area contributed by atoms with Gasteiger partial charge in [-0.1, -0.05) is 41.9 Å². The molecule has 1 fully saturated rings. The highest BCUT2D eigenvalue weighted by atomic mass is 35.5. The Morgan fingerprint density at radius 2 is 1.53 bits per heavy atom. The van der Waals surface area contributed by atoms with Crippen LogP contribution in [0.5, 0.6) is 5.75 Å². The summed E-state index contributed by atoms with van der Waals surface area (Å²) in [5, 5.41) is 9.44. The standard InChI is InChI=1S/C27H19ClN4O4/c28-20-8-10-21(11-9-20)32-15-19(14-23-25(33)29-27(35)30-26(23)34)24(31-32)18-6-12-22(13-7-18)36-16-17-4-2-1-3-5-17/h1-15H,16H2,(H2,29,30,33,34,35). The van der Waals surface area contributed by atoms with E-state index in [4.69, 9.17) is 21.4 Å². The van der Waals surface area contributed by atoms with Crippen LogP contribution in [0.15, 0.2) is 90.6 Å². The molecule has 9 heteroatoms. The third-order valence-electron chi connectivity index (χ3n) is 5.45. The molecule has 0 radical (unpaired) electrons. The van der Waals surface area contributed by atoms with E-state index in [0.717, 1.165) is 16.8 Å². The molecule has 1 saturated heterocycles. The molecule has 4 amide bonds. The first-order valence-electron chi connectivity index (χ1n) is 11.0. The van der Waals surface area contributed by atoms with E-state index in [2.05, 4.69) is 10.6 Å². The molecule has 36 heavy (non-hydrogen) atoms. The zero-order valence-corrected chi connectivity index (χ0v) is 19.5. The second-order valence-electron chi connectivity index (χ2n) is 7.95. The number of hydrogen-bond acceptors (Lipinski definition) is 5. The Morgan fingerprint density at radius 3 is 2.19 bits per heavy atom. The second kappa shape index (κ2) is 9.89. The summed E-state index contributed by atoms with van der Waals surface area (Å²) >= 11 is 6.02. The summed E-state index contributed by atoms with van der Waals surface area (Å²) in [7, 11) is 0. The minimum atomic E-state index is -0.856. The van der Waals surface area contributed by atoms with E-state index in [-0.39, 0.29) is 5.57 Å². The van der Waals surface area contributed by atoms with Crippen molar-refractivity contribution >= 4 is 35.5 Å². The molecule has 0 saturated carbocycles. The van der Waals surface area contributed by atoms with Crippen molar-refractivity contribution in [2.24, 2.45) is 0 Å². The van der Waals surface area contributed by atoms with Crippen LogP contribution in [0.4, 0.5) is 4.79 Å². The Morgan fingerprint density at radius 1 is 0.861 bits per heavy atom. The Balaban J connectivity index is 1.49. The predicted octanol–water partition coefficient (Wildman–Crippen LogP) is 4.52. The van der Waals surface area contributed by atoms with E-state index in [1.165, 1.54) is 6.08 Å². The summed E-state index contributed by atoms with van der Waals surface area (Å²) in [5.74, 6) is -0.874. The summed E-state index contributed by atoms with van der Waals surface area (Å²) < 4.78 is 7.50. The lowest BCUT2D eigenvalue weighted by Crippen LogP contribution is -2.51. The smallest absolute Gasteiger partial charge is 0.328 e. The number of urea groups is 1. The van der Waals surface area contributed by atoms with Crippen molar-refractivity contribution < 1.29 is 19.1 Å². The van der Waals surface area contributed by atoms with Gasteiger partial charge >= 0.3 is 6.03 Å². The maximum atomic E-state index is 12.3. The van der Waals surface area contributed by atoms with E-state index >= 15 is 0 Å². The van der Waals surface area contributed by atoms with Gasteiger partial charge in [-0.15, -0.1) is 0 Å². The largest absolute Gasteiger partial charge is 0.489 e. The number of halogens is 1. The van der Waals surface area contributed by atoms with E-state index < -0.39 is 17.8 Å². The van der Waals surface area contributed by atoms with Crippen molar-refractivity contribution in [1.82, 2.24) is 20.4 Å². The Hall–Kier alpha value is -4.69. The van der Waals surface area contributed by atoms with Gasteiger partial charge in [0.1, 0.15) is 17.9 Å². The van der Waals surface area contributed by atoms with Crippen LogP contribution in [-0.2, 0) is 16.2 Å². The van der Waals surface area contributed by atoms with Gasteiger partial charge in [0.2, 0.25) is 0 Å². The van der Waals surface area contributed by atoms with Gasteiger partial charge in [-0.2, -0.15) is 5.10 Å². The molecular weight excluding hydrogens is 480 g/mol. The molecule has 4 aromatic rings. The van der Waals surface area contributed by atoms with Gasteiger partial charge in [0.05, 0.1) is 11.4 Å². The third-order valence-corrected chi connectivity index (χ3v) is 5.70. The number of amides is 4. The van der Waals surface area contributed by atoms with E-state index in [9.17, 15) is 14.4 Å². The molecule has 8 nitrogen and oxygen atoms in total. The van der Waals surface area contributed by atoms with E-state index in [1.807, 2.05) is 54.6 Å². The van der Waals surface area contributed by atoms with Gasteiger partial charge in [0, 0.05) is 22.3 Å². The van der Waals surface area contributed by atoms with Crippen LogP contribution >= 0.6 is 11.6 Å². The number of benzene rings is 3. The summed E-state index contributed by atoms with van der Waals surface area (Å²) in [6.45, 7) is 0.436. The molecule has 0 aliphatic carbocycles. The molecule has 5 rings (SSSR count). The first-order chi connectivity index (χ1) is 17.5. The number of barbiturate groups is 1. The number of aromatic nitrogens is 2. The van der Waals surface area contributed by atoms with Gasteiger partial charge in [0.15, 0.2) is 0 Å². The maximum absolute atomic E-state index is 12.3. The van der Waals surface area contributed by atoms with Gasteiger partial charge in [-0.05, 0) is 60.2 Å². The van der Waals surface area contributed by atoms with E-state index in [1.54, 1.807) is 35.1 Å². The molecule has 0 spiro atoms. The van der Waals surface area contributed by atoms with Crippen molar-refractivity contribution in [1.29, 1.82) is 0 Å². The molecule has 1 aliphatic rings. The Kier molecular flexibility index (Phi) is 6.34. The number of carbonyl (C=O) groups excluding carboxylic acids is 3. The van der Waals surface area contributed by atoms with Crippen molar-refractivity contribution in [3.63, 3.8) is 0 Å². The number of ether oxygens (including phenoxy) is 1. The summed E-state index contributed by atoms with van der Waals surface area (Å²) in [4.78, 5) is 36.0. The molecule has 0 unspecified atom stereocenters. The zero-order chi connectivity index (χ0) is 25.1. The molecule has 1 aromatic heterocycles. The highest BCUT2D eigenvalue weighted by Gasteiger charge is 2.28. The lowest BCUT2D eigenvalue weighted by Gasteiger charge is -2.13. The number of nitrogens with one attached hydrogen (secondary N) is 2. The molecule has 0 atom stereocenters. The van der Waals surface area contributed by atoms with Gasteiger partial charge < -0.3 is 4.74 Å². The highest BCUT2D eigenvalue weighted by molar-refractivity contribution is 6.31. The fourth-order valence-corrected chi connectivity index (χ4v) is 3.78. The Bertz CT molecular complexity index is 1450. The van der Waals surface area contributed by atoms with Crippen LogP contribution in [0.3, 0.4) is 0 Å². The molecule has 2 heterocycles. The first-order valence-corrected chi connectivity index (χ1v) is 11.4. The number of rotatable bonds is 6. The van der Waals surface area contributed by atoms with Crippen LogP contribution in [0.2, 0.25) is 5.02 Å². The lowest BCUT2D eigenvalue weighted by molar-refractivity contribution is -0.123. The SMILES string of the molecule is O=C1NC(=O)C(=Cc2cn(-c3ccc(Cl)cc3)nc2-c2ccc(OCc3ccccc3)cc2)C(=O)N1. The number of carbonyl (C=O) groups is 3. The minimum absolute atomic E-state index is 0.200. The molecule has 178 valence electrons. The number of imide groups is 2. The van der Waals surface area contributed by atoms with Crippen LogP contribution in [0.25, 0.3) is 23.0 Å². The lowest BCUT2D eigenvalue weighted by atomic mass is 10.0.